The number of carbonyl (C=O) groups excluding carboxylic acids is 1. The maximum Gasteiger partial charge on any atom is 0.435 e. The predicted octanol–water partition coefficient (Wildman–Crippen LogP) is 6.01. The van der Waals surface area contributed by atoms with Gasteiger partial charge in [0.2, 0.25) is 11.8 Å². The first-order chi connectivity index (χ1) is 20.8. The smallest absolute Gasteiger partial charge is 0.417 e. The van der Waals surface area contributed by atoms with E-state index in [1.165, 1.54) is 13.8 Å². The van der Waals surface area contributed by atoms with E-state index in [9.17, 15) is 35.2 Å². The van der Waals surface area contributed by atoms with Crippen molar-refractivity contribution >= 4 is 38.1 Å². The molecular formula is C28H36ClF5N4O6S. The third kappa shape index (κ3) is 10.7. The van der Waals surface area contributed by atoms with Crippen LogP contribution in [0.5, 0.6) is 5.88 Å². The molecule has 2 aromatic rings. The third-order valence-corrected chi connectivity index (χ3v) is 7.93. The molecule has 0 N–H and O–H groups in total. The molecule has 3 rings (SSSR count). The molecule has 17 heteroatoms. The van der Waals surface area contributed by atoms with Crippen LogP contribution in [0.15, 0.2) is 41.1 Å². The number of hydrogen-bond acceptors (Lipinski definition) is 8. The molecule has 0 bridgehead atoms. The largest absolute Gasteiger partial charge is 0.435 e. The minimum Gasteiger partial charge on any atom is -0.417 e. The summed E-state index contributed by atoms with van der Waals surface area (Å²) < 4.78 is 98.8. The van der Waals surface area contributed by atoms with Crippen LogP contribution in [0.25, 0.3) is 5.70 Å². The average Bonchev–Trinajstić information content (AvgIpc) is 3.47. The van der Waals surface area contributed by atoms with Gasteiger partial charge >= 0.3 is 12.8 Å². The summed E-state index contributed by atoms with van der Waals surface area (Å²) in [5, 5.41) is 5.97. The number of ether oxygens (including phenoxy) is 2. The third-order valence-electron chi connectivity index (χ3n) is 6.09. The van der Waals surface area contributed by atoms with Gasteiger partial charge in [-0.05, 0) is 40.2 Å². The number of aromatic nitrogens is 2. The number of alkyl halides is 6. The fourth-order valence-electron chi connectivity index (χ4n) is 4.23. The fraction of sp³-hybridized carbons (Fsp3) is 0.536. The van der Waals surface area contributed by atoms with E-state index >= 15 is 0 Å². The molecule has 1 aliphatic rings. The number of hydrogen-bond donors (Lipinski definition) is 0. The van der Waals surface area contributed by atoms with Gasteiger partial charge in [0.05, 0.1) is 17.9 Å². The van der Waals surface area contributed by atoms with E-state index in [1.807, 2.05) is 51.1 Å². The monoisotopic (exact) mass is 686 g/mol. The van der Waals surface area contributed by atoms with Crippen molar-refractivity contribution < 1.29 is 49.5 Å². The molecule has 0 aliphatic carbocycles. The zero-order valence-electron chi connectivity index (χ0n) is 25.6. The van der Waals surface area contributed by atoms with Gasteiger partial charge < -0.3 is 19.2 Å². The summed E-state index contributed by atoms with van der Waals surface area (Å²) in [7, 11) is -3.43. The van der Waals surface area contributed by atoms with Gasteiger partial charge in [0, 0.05) is 32.3 Å². The van der Waals surface area contributed by atoms with Crippen molar-refractivity contribution in [2.45, 2.75) is 65.2 Å². The van der Waals surface area contributed by atoms with Crippen LogP contribution in [-0.2, 0) is 43.2 Å². The Kier molecular flexibility index (Phi) is 13.4. The van der Waals surface area contributed by atoms with Gasteiger partial charge in [0.15, 0.2) is 20.6 Å². The van der Waals surface area contributed by atoms with Gasteiger partial charge in [-0.1, -0.05) is 41.1 Å². The van der Waals surface area contributed by atoms with Crippen LogP contribution in [0.2, 0.25) is 0 Å². The van der Waals surface area contributed by atoms with E-state index in [4.69, 9.17) is 21.2 Å². The molecule has 0 saturated carbocycles. The first-order valence-corrected chi connectivity index (χ1v) is 15.8. The van der Waals surface area contributed by atoms with Crippen molar-refractivity contribution in [1.29, 1.82) is 0 Å². The molecule has 1 aliphatic heterocycles. The summed E-state index contributed by atoms with van der Waals surface area (Å²) in [5.74, 6) is -2.37. The number of carbonyl (C=O) groups is 1. The summed E-state index contributed by atoms with van der Waals surface area (Å²) in [4.78, 5) is 18.7. The van der Waals surface area contributed by atoms with E-state index in [0.29, 0.717) is 24.4 Å². The van der Waals surface area contributed by atoms with Crippen molar-refractivity contribution in [1.82, 2.24) is 14.7 Å². The van der Waals surface area contributed by atoms with Gasteiger partial charge in [0.25, 0.3) is 0 Å². The molecule has 252 valence electrons. The maximum atomic E-state index is 13.1. The number of sulfone groups is 1. The molecule has 0 fully saturated rings. The zero-order valence-corrected chi connectivity index (χ0v) is 27.2. The summed E-state index contributed by atoms with van der Waals surface area (Å²) in [6.07, 6.45) is -5.22. The molecule has 0 radical (unpaired) electrons. The number of halogens is 6. The van der Waals surface area contributed by atoms with Gasteiger partial charge in [-0.2, -0.15) is 27.1 Å². The lowest BCUT2D eigenvalue weighted by Gasteiger charge is -2.26. The summed E-state index contributed by atoms with van der Waals surface area (Å²) in [6.45, 7) is 7.20. The quantitative estimate of drug-likeness (QED) is 0.162. The number of nitrogens with zero attached hydrogens (tertiary/aromatic N) is 4. The number of amides is 1. The molecule has 1 amide bonds. The Bertz CT molecular complexity index is 1470. The second-order valence-corrected chi connectivity index (χ2v) is 12.8. The SMILES string of the molecule is CCOCCN(C(=O)CCl)C(=C(C)C)c1ccccc1.Cn1nc(C(F)(F)F)c(CS(=O)(=O)C2=NOC(C)(C)C2)c1OC(F)F. The molecule has 1 aromatic heterocycles. The Morgan fingerprint density at radius 2 is 1.82 bits per heavy atom. The van der Waals surface area contributed by atoms with Crippen LogP contribution in [0.4, 0.5) is 22.0 Å². The van der Waals surface area contributed by atoms with E-state index < -0.39 is 56.2 Å². The number of aryl methyl sites for hydroxylation is 1. The highest BCUT2D eigenvalue weighted by molar-refractivity contribution is 8.05. The van der Waals surface area contributed by atoms with E-state index in [1.54, 1.807) is 4.90 Å². The van der Waals surface area contributed by atoms with Crippen molar-refractivity contribution in [3.8, 4) is 5.88 Å². The lowest BCUT2D eigenvalue weighted by molar-refractivity contribution is -0.142. The first kappa shape index (κ1) is 37.9. The lowest BCUT2D eigenvalue weighted by atomic mass is 10.1. The molecule has 0 saturated heterocycles. The van der Waals surface area contributed by atoms with E-state index in [0.717, 1.165) is 23.9 Å². The molecule has 1 aromatic carbocycles. The van der Waals surface area contributed by atoms with Crippen LogP contribution >= 0.6 is 11.6 Å². The van der Waals surface area contributed by atoms with Crippen LogP contribution in [0.3, 0.4) is 0 Å². The molecule has 45 heavy (non-hydrogen) atoms. The van der Waals surface area contributed by atoms with Crippen molar-refractivity contribution in [2.75, 3.05) is 25.6 Å². The molecule has 0 unspecified atom stereocenters. The topological polar surface area (TPSA) is 112 Å². The molecule has 10 nitrogen and oxygen atoms in total. The van der Waals surface area contributed by atoms with Gasteiger partial charge in [-0.25, -0.2) is 13.1 Å². The highest BCUT2D eigenvalue weighted by atomic mass is 35.5. The number of rotatable bonds is 11. The first-order valence-electron chi connectivity index (χ1n) is 13.6. The molecular weight excluding hydrogens is 651 g/mol. The number of allylic oxidation sites excluding steroid dienone is 1. The summed E-state index contributed by atoms with van der Waals surface area (Å²) >= 11 is 5.74. The Morgan fingerprint density at radius 1 is 1.20 bits per heavy atom. The van der Waals surface area contributed by atoms with Crippen LogP contribution in [0.1, 0.15) is 57.9 Å². The van der Waals surface area contributed by atoms with Crippen molar-refractivity contribution in [3.63, 3.8) is 0 Å². The average molecular weight is 687 g/mol. The Labute approximate surface area is 263 Å². The Morgan fingerprint density at radius 3 is 2.29 bits per heavy atom. The highest BCUT2D eigenvalue weighted by Crippen LogP contribution is 2.38. The van der Waals surface area contributed by atoms with E-state index in [-0.39, 0.29) is 18.2 Å². The summed E-state index contributed by atoms with van der Waals surface area (Å²) in [6, 6.07) is 9.88. The lowest BCUT2D eigenvalue weighted by Crippen LogP contribution is -2.34. The van der Waals surface area contributed by atoms with Gasteiger partial charge in [0.1, 0.15) is 11.5 Å². The van der Waals surface area contributed by atoms with Crippen LogP contribution in [-0.4, -0.2) is 71.9 Å². The maximum absolute atomic E-state index is 13.1. The summed E-state index contributed by atoms with van der Waals surface area (Å²) in [5.41, 5.74) is -0.563. The van der Waals surface area contributed by atoms with Crippen LogP contribution < -0.4 is 4.74 Å². The molecule has 0 spiro atoms. The minimum absolute atomic E-state index is 0.0320. The fourth-order valence-corrected chi connectivity index (χ4v) is 5.90. The predicted molar refractivity (Wildman–Crippen MR) is 158 cm³/mol. The number of oxime groups is 1. The second-order valence-electron chi connectivity index (χ2n) is 10.5. The molecule has 2 heterocycles. The van der Waals surface area contributed by atoms with Gasteiger partial charge in [-0.15, -0.1) is 11.6 Å². The highest BCUT2D eigenvalue weighted by Gasteiger charge is 2.43. The Balaban J connectivity index is 0.000000322. The van der Waals surface area contributed by atoms with Crippen molar-refractivity contribution in [2.24, 2.45) is 12.2 Å². The van der Waals surface area contributed by atoms with Crippen LogP contribution in [0, 0.1) is 0 Å². The zero-order chi connectivity index (χ0) is 34.2. The van der Waals surface area contributed by atoms with E-state index in [2.05, 4.69) is 15.0 Å². The molecule has 0 atom stereocenters. The minimum atomic E-state index is -5.06. The Hall–Kier alpha value is -3.24. The van der Waals surface area contributed by atoms with Gasteiger partial charge in [-0.3, -0.25) is 4.79 Å². The normalized spacial score (nSPS) is 14.3. The number of benzene rings is 1. The van der Waals surface area contributed by atoms with Crippen molar-refractivity contribution in [3.05, 3.63) is 52.7 Å². The second kappa shape index (κ2) is 15.9. The standard InChI is InChI=1S/C16H22ClNO2.C12H14F5N3O4S/c1-4-20-11-10-18(15(19)12-17)16(13(2)3)14-8-6-5-7-9-14;1-11(2)4-7(19-24-11)25(21,22)5-6-8(12(15,16)17)18-20(3)9(6)23-10(13)14/h5-9H,4,10-12H2,1-3H3;10H,4-5H2,1-3H3.